The van der Waals surface area contributed by atoms with Crippen LogP contribution in [0.25, 0.3) is 0 Å². The number of nitro groups is 1. The molecule has 1 aliphatic heterocycles. The second kappa shape index (κ2) is 4.43. The van der Waals surface area contributed by atoms with Gasteiger partial charge in [0.25, 0.3) is 5.69 Å². The lowest BCUT2D eigenvalue weighted by Crippen LogP contribution is -2.65. The summed E-state index contributed by atoms with van der Waals surface area (Å²) < 4.78 is 19.3. The molecule has 6 nitrogen and oxygen atoms in total. The summed E-state index contributed by atoms with van der Waals surface area (Å²) in [7, 11) is 0. The average Bonchev–Trinajstić information content (AvgIpc) is 2.81. The molecule has 1 saturated heterocycles. The van der Waals surface area contributed by atoms with E-state index in [1.165, 1.54) is 12.1 Å². The Labute approximate surface area is 108 Å². The first-order valence-corrected chi connectivity index (χ1v) is 6.15. The normalized spacial score (nSPS) is 32.5. The van der Waals surface area contributed by atoms with Gasteiger partial charge < -0.3 is 15.8 Å². The highest BCUT2D eigenvalue weighted by Gasteiger charge is 2.52. The van der Waals surface area contributed by atoms with Crippen LogP contribution in [0, 0.1) is 21.8 Å². The van der Waals surface area contributed by atoms with Crippen molar-refractivity contribution in [2.24, 2.45) is 11.7 Å². The maximum absolute atomic E-state index is 13.8. The Morgan fingerprint density at radius 3 is 3.00 bits per heavy atom. The maximum Gasteiger partial charge on any atom is 0.272 e. The van der Waals surface area contributed by atoms with Gasteiger partial charge in [-0.15, -0.1) is 0 Å². The Balaban J connectivity index is 1.75. The zero-order valence-electron chi connectivity index (χ0n) is 10.1. The van der Waals surface area contributed by atoms with Crippen LogP contribution < -0.4 is 11.1 Å². The predicted octanol–water partition coefficient (Wildman–Crippen LogP) is 1.26. The number of nitrogens with two attached hydrogens (primary N) is 1. The third kappa shape index (κ3) is 1.95. The molecule has 1 aromatic rings. The molecule has 0 spiro atoms. The van der Waals surface area contributed by atoms with Crippen LogP contribution in [0.3, 0.4) is 0 Å². The first-order valence-electron chi connectivity index (χ1n) is 6.15. The largest absolute Gasteiger partial charge is 0.376 e. The lowest BCUT2D eigenvalue weighted by molar-refractivity contribution is -0.385. The fourth-order valence-electron chi connectivity index (χ4n) is 2.84. The highest BCUT2D eigenvalue weighted by Crippen LogP contribution is 2.39. The van der Waals surface area contributed by atoms with E-state index in [2.05, 4.69) is 5.32 Å². The van der Waals surface area contributed by atoms with Crippen LogP contribution in [0.2, 0.25) is 0 Å². The average molecular weight is 267 g/mol. The zero-order chi connectivity index (χ0) is 13.6. The van der Waals surface area contributed by atoms with Gasteiger partial charge in [0.2, 0.25) is 0 Å². The molecule has 19 heavy (non-hydrogen) atoms. The Morgan fingerprint density at radius 2 is 2.32 bits per heavy atom. The summed E-state index contributed by atoms with van der Waals surface area (Å²) in [4.78, 5) is 9.91. The second-order valence-corrected chi connectivity index (χ2v) is 4.96. The van der Waals surface area contributed by atoms with E-state index in [4.69, 9.17) is 10.5 Å². The van der Waals surface area contributed by atoms with Gasteiger partial charge >= 0.3 is 0 Å². The number of fused-ring (bicyclic) bond motifs is 1. The SMILES string of the molecule is NC1C2CCOC2C1Nc1ccc([N+](=O)[O-])cc1F. The van der Waals surface area contributed by atoms with Gasteiger partial charge in [-0.25, -0.2) is 4.39 Å². The van der Waals surface area contributed by atoms with Crippen molar-refractivity contribution in [2.75, 3.05) is 11.9 Å². The molecular weight excluding hydrogens is 253 g/mol. The molecule has 3 rings (SSSR count). The smallest absolute Gasteiger partial charge is 0.272 e. The molecule has 102 valence electrons. The standard InChI is InChI=1S/C12H14FN3O3/c13-8-5-6(16(17)18)1-2-9(8)15-11-10(14)7-3-4-19-12(7)11/h1-2,5,7,10-12,15H,3-4,14H2. The molecule has 2 fully saturated rings. The summed E-state index contributed by atoms with van der Waals surface area (Å²) in [6.45, 7) is 0.684. The molecule has 1 aromatic carbocycles. The van der Waals surface area contributed by atoms with Crippen LogP contribution in [-0.4, -0.2) is 29.7 Å². The van der Waals surface area contributed by atoms with Crippen LogP contribution in [-0.2, 0) is 4.74 Å². The summed E-state index contributed by atoms with van der Waals surface area (Å²) in [6, 6.07) is 3.33. The summed E-state index contributed by atoms with van der Waals surface area (Å²) in [5.74, 6) is -0.318. The number of nitrogens with zero attached hydrogens (tertiary/aromatic N) is 1. The topological polar surface area (TPSA) is 90.4 Å². The molecule has 1 heterocycles. The van der Waals surface area contributed by atoms with E-state index in [1.54, 1.807) is 0 Å². The van der Waals surface area contributed by atoms with Crippen molar-refractivity contribution in [1.82, 2.24) is 0 Å². The van der Waals surface area contributed by atoms with Crippen LogP contribution in [0.5, 0.6) is 0 Å². The van der Waals surface area contributed by atoms with E-state index in [0.717, 1.165) is 12.5 Å². The van der Waals surface area contributed by atoms with Gasteiger partial charge in [-0.2, -0.15) is 0 Å². The van der Waals surface area contributed by atoms with Crippen molar-refractivity contribution in [3.05, 3.63) is 34.1 Å². The van der Waals surface area contributed by atoms with E-state index < -0.39 is 10.7 Å². The van der Waals surface area contributed by atoms with E-state index in [0.29, 0.717) is 12.5 Å². The van der Waals surface area contributed by atoms with Crippen LogP contribution in [0.15, 0.2) is 18.2 Å². The van der Waals surface area contributed by atoms with Crippen LogP contribution >= 0.6 is 0 Å². The summed E-state index contributed by atoms with van der Waals surface area (Å²) in [5.41, 5.74) is 5.97. The molecule has 0 bridgehead atoms. The molecule has 7 heteroatoms. The third-order valence-corrected chi connectivity index (χ3v) is 3.93. The summed E-state index contributed by atoms with van der Waals surface area (Å²) in [6.07, 6.45) is 0.955. The molecule has 1 aliphatic carbocycles. The van der Waals surface area contributed by atoms with Crippen molar-refractivity contribution in [3.63, 3.8) is 0 Å². The fraction of sp³-hybridized carbons (Fsp3) is 0.500. The monoisotopic (exact) mass is 267 g/mol. The third-order valence-electron chi connectivity index (χ3n) is 3.93. The van der Waals surface area contributed by atoms with Gasteiger partial charge in [0.1, 0.15) is 0 Å². The van der Waals surface area contributed by atoms with Crippen molar-refractivity contribution in [2.45, 2.75) is 24.6 Å². The van der Waals surface area contributed by atoms with E-state index in [1.807, 2.05) is 0 Å². The van der Waals surface area contributed by atoms with Gasteiger partial charge in [-0.05, 0) is 12.5 Å². The molecule has 4 unspecified atom stereocenters. The van der Waals surface area contributed by atoms with Crippen LogP contribution in [0.4, 0.5) is 15.8 Å². The molecule has 0 radical (unpaired) electrons. The Bertz CT molecular complexity index is 525. The van der Waals surface area contributed by atoms with Crippen molar-refractivity contribution < 1.29 is 14.1 Å². The van der Waals surface area contributed by atoms with E-state index in [-0.39, 0.29) is 29.6 Å². The molecule has 3 N–H and O–H groups in total. The number of nitrogens with one attached hydrogen (secondary N) is 1. The highest BCUT2D eigenvalue weighted by atomic mass is 19.1. The highest BCUT2D eigenvalue weighted by molar-refractivity contribution is 5.52. The quantitative estimate of drug-likeness (QED) is 0.635. The van der Waals surface area contributed by atoms with Crippen molar-refractivity contribution in [1.29, 1.82) is 0 Å². The van der Waals surface area contributed by atoms with Gasteiger partial charge in [-0.3, -0.25) is 10.1 Å². The minimum atomic E-state index is -0.650. The number of hydrogen-bond donors (Lipinski definition) is 2. The lowest BCUT2D eigenvalue weighted by atomic mass is 9.72. The maximum atomic E-state index is 13.8. The lowest BCUT2D eigenvalue weighted by Gasteiger charge is -2.46. The molecule has 2 aliphatic rings. The number of ether oxygens (including phenoxy) is 1. The Morgan fingerprint density at radius 1 is 1.53 bits per heavy atom. The Kier molecular flexibility index (Phi) is 2.87. The number of halogens is 1. The molecule has 4 atom stereocenters. The number of non-ortho nitro benzene ring substituents is 1. The van der Waals surface area contributed by atoms with Gasteiger partial charge in [0, 0.05) is 24.6 Å². The zero-order valence-corrected chi connectivity index (χ0v) is 10.1. The molecule has 0 aromatic heterocycles. The minimum absolute atomic E-state index is 0.0181. The fourth-order valence-corrected chi connectivity index (χ4v) is 2.84. The van der Waals surface area contributed by atoms with E-state index >= 15 is 0 Å². The van der Waals surface area contributed by atoms with E-state index in [9.17, 15) is 14.5 Å². The van der Waals surface area contributed by atoms with Crippen LogP contribution in [0.1, 0.15) is 6.42 Å². The van der Waals surface area contributed by atoms with Gasteiger partial charge in [0.05, 0.1) is 28.8 Å². The number of benzene rings is 1. The van der Waals surface area contributed by atoms with Gasteiger partial charge in [-0.1, -0.05) is 0 Å². The number of anilines is 1. The first kappa shape index (κ1) is 12.3. The number of rotatable bonds is 3. The van der Waals surface area contributed by atoms with Gasteiger partial charge in [0.15, 0.2) is 5.82 Å². The number of nitro benzene ring substituents is 1. The number of hydrogen-bond acceptors (Lipinski definition) is 5. The molecule has 0 amide bonds. The van der Waals surface area contributed by atoms with Crippen molar-refractivity contribution in [3.8, 4) is 0 Å². The predicted molar refractivity (Wildman–Crippen MR) is 66.3 cm³/mol. The molecular formula is C12H14FN3O3. The second-order valence-electron chi connectivity index (χ2n) is 4.96. The summed E-state index contributed by atoms with van der Waals surface area (Å²) in [5, 5.41) is 13.5. The minimum Gasteiger partial charge on any atom is -0.376 e. The first-order chi connectivity index (χ1) is 9.08. The Hall–Kier alpha value is -1.73. The van der Waals surface area contributed by atoms with Crippen molar-refractivity contribution >= 4 is 11.4 Å². The molecule has 1 saturated carbocycles. The summed E-state index contributed by atoms with van der Waals surface area (Å²) >= 11 is 0.